The third-order valence-corrected chi connectivity index (χ3v) is 3.61. The normalized spacial score (nSPS) is 12.0. The van der Waals surface area contributed by atoms with E-state index in [1.165, 1.54) is 13.3 Å². The maximum atomic E-state index is 12.2. The average molecular weight is 317 g/mol. The van der Waals surface area contributed by atoms with Crippen molar-refractivity contribution in [2.75, 3.05) is 13.7 Å². The number of benzene rings is 1. The highest BCUT2D eigenvalue weighted by molar-refractivity contribution is 5.95. The van der Waals surface area contributed by atoms with Crippen molar-refractivity contribution in [1.29, 1.82) is 0 Å². The summed E-state index contributed by atoms with van der Waals surface area (Å²) in [4.78, 5) is 23.1. The van der Waals surface area contributed by atoms with E-state index in [2.05, 4.69) is 10.4 Å². The summed E-state index contributed by atoms with van der Waals surface area (Å²) in [7, 11) is 1.28. The molecule has 1 heterocycles. The number of carboxylic acid groups (broad SMARTS) is 1. The van der Waals surface area contributed by atoms with E-state index in [0.717, 1.165) is 11.3 Å². The van der Waals surface area contributed by atoms with Crippen molar-refractivity contribution in [3.8, 4) is 5.69 Å². The molecule has 0 aliphatic heterocycles. The van der Waals surface area contributed by atoms with E-state index < -0.39 is 12.1 Å². The van der Waals surface area contributed by atoms with Gasteiger partial charge in [0.15, 0.2) is 6.10 Å². The van der Waals surface area contributed by atoms with E-state index in [-0.39, 0.29) is 12.5 Å². The molecule has 0 saturated heterocycles. The zero-order valence-corrected chi connectivity index (χ0v) is 13.2. The second-order valence-corrected chi connectivity index (χ2v) is 5.11. The molecule has 1 aromatic heterocycles. The molecule has 2 aromatic rings. The van der Waals surface area contributed by atoms with E-state index in [9.17, 15) is 9.59 Å². The first-order chi connectivity index (χ1) is 11.0. The Bertz CT molecular complexity index is 724. The minimum Gasteiger partial charge on any atom is -0.479 e. The molecule has 7 nitrogen and oxygen atoms in total. The van der Waals surface area contributed by atoms with Gasteiger partial charge in [-0.1, -0.05) is 18.2 Å². The van der Waals surface area contributed by atoms with Crippen LogP contribution in [0.2, 0.25) is 0 Å². The van der Waals surface area contributed by atoms with E-state index in [1.54, 1.807) is 11.6 Å². The molecule has 2 rings (SSSR count). The highest BCUT2D eigenvalue weighted by Crippen LogP contribution is 2.17. The Hall–Kier alpha value is -2.67. The first kappa shape index (κ1) is 16.7. The number of ether oxygens (including phenoxy) is 1. The number of amides is 1. The van der Waals surface area contributed by atoms with Gasteiger partial charge in [0.2, 0.25) is 0 Å². The van der Waals surface area contributed by atoms with Crippen molar-refractivity contribution in [2.45, 2.75) is 20.0 Å². The van der Waals surface area contributed by atoms with Crippen LogP contribution in [0.4, 0.5) is 0 Å². The SMILES string of the molecule is COC(CNC(=O)c1cnn(-c2ccccc2C)c1C)C(=O)O. The number of methoxy groups -OCH3 is 1. The van der Waals surface area contributed by atoms with E-state index in [0.29, 0.717) is 11.3 Å². The van der Waals surface area contributed by atoms with Crippen molar-refractivity contribution in [2.24, 2.45) is 0 Å². The highest BCUT2D eigenvalue weighted by Gasteiger charge is 2.20. The van der Waals surface area contributed by atoms with E-state index in [4.69, 9.17) is 9.84 Å². The molecule has 0 aliphatic carbocycles. The molecule has 0 saturated carbocycles. The number of carboxylic acids is 1. The lowest BCUT2D eigenvalue weighted by Crippen LogP contribution is -2.37. The molecular formula is C16H19N3O4. The Morgan fingerprint density at radius 2 is 2.04 bits per heavy atom. The summed E-state index contributed by atoms with van der Waals surface area (Å²) in [5.74, 6) is -1.51. The highest BCUT2D eigenvalue weighted by atomic mass is 16.5. The lowest BCUT2D eigenvalue weighted by molar-refractivity contribution is -0.148. The molecule has 0 aliphatic rings. The molecule has 1 unspecified atom stereocenters. The predicted octanol–water partition coefficient (Wildman–Crippen LogP) is 1.32. The number of aromatic nitrogens is 2. The number of nitrogens with one attached hydrogen (secondary N) is 1. The second kappa shape index (κ2) is 7.06. The van der Waals surface area contributed by atoms with Crippen molar-refractivity contribution < 1.29 is 19.4 Å². The van der Waals surface area contributed by atoms with E-state index >= 15 is 0 Å². The monoisotopic (exact) mass is 317 g/mol. The summed E-state index contributed by atoms with van der Waals surface area (Å²) >= 11 is 0. The molecule has 0 radical (unpaired) electrons. The third kappa shape index (κ3) is 3.57. The number of aryl methyl sites for hydroxylation is 1. The number of carbonyl (C=O) groups is 2. The minimum absolute atomic E-state index is 0.111. The quantitative estimate of drug-likeness (QED) is 0.838. The molecule has 0 spiro atoms. The Morgan fingerprint density at radius 1 is 1.35 bits per heavy atom. The average Bonchev–Trinajstić information content (AvgIpc) is 2.89. The molecule has 0 bridgehead atoms. The van der Waals surface area contributed by atoms with Crippen LogP contribution >= 0.6 is 0 Å². The summed E-state index contributed by atoms with van der Waals surface area (Å²) in [5, 5.41) is 15.7. The molecule has 1 amide bonds. The fraction of sp³-hybridized carbons (Fsp3) is 0.312. The van der Waals surface area contributed by atoms with Gasteiger partial charge >= 0.3 is 5.97 Å². The first-order valence-corrected chi connectivity index (χ1v) is 7.10. The summed E-state index contributed by atoms with van der Waals surface area (Å²) in [5.41, 5.74) is 3.01. The van der Waals surface area contributed by atoms with Crippen LogP contribution in [-0.2, 0) is 9.53 Å². The second-order valence-electron chi connectivity index (χ2n) is 5.11. The van der Waals surface area contributed by atoms with Gasteiger partial charge in [-0.05, 0) is 25.5 Å². The maximum Gasteiger partial charge on any atom is 0.334 e. The third-order valence-electron chi connectivity index (χ3n) is 3.61. The van der Waals surface area contributed by atoms with Gasteiger partial charge < -0.3 is 15.2 Å². The van der Waals surface area contributed by atoms with Crippen LogP contribution < -0.4 is 5.32 Å². The maximum absolute atomic E-state index is 12.2. The standard InChI is InChI=1S/C16H19N3O4/c1-10-6-4-5-7-13(10)19-11(2)12(8-18-19)15(20)17-9-14(23-3)16(21)22/h4-8,14H,9H2,1-3H3,(H,17,20)(H,21,22). The van der Waals surface area contributed by atoms with Gasteiger partial charge in [-0.2, -0.15) is 5.10 Å². The summed E-state index contributed by atoms with van der Waals surface area (Å²) < 4.78 is 6.47. The van der Waals surface area contributed by atoms with Crippen molar-refractivity contribution >= 4 is 11.9 Å². The summed E-state index contributed by atoms with van der Waals surface area (Å²) in [6.07, 6.45) is 0.394. The van der Waals surface area contributed by atoms with Crippen molar-refractivity contribution in [1.82, 2.24) is 15.1 Å². The number of aliphatic carboxylic acids is 1. The zero-order chi connectivity index (χ0) is 17.0. The fourth-order valence-corrected chi connectivity index (χ4v) is 2.23. The van der Waals surface area contributed by atoms with Crippen LogP contribution in [0.3, 0.4) is 0 Å². The number of carbonyl (C=O) groups excluding carboxylic acids is 1. The van der Waals surface area contributed by atoms with Gasteiger partial charge in [0.05, 0.1) is 29.7 Å². The summed E-state index contributed by atoms with van der Waals surface area (Å²) in [6, 6.07) is 7.72. The molecule has 7 heteroatoms. The van der Waals surface area contributed by atoms with Crippen LogP contribution in [0.1, 0.15) is 21.6 Å². The Balaban J connectivity index is 2.17. The fourth-order valence-electron chi connectivity index (χ4n) is 2.23. The zero-order valence-electron chi connectivity index (χ0n) is 13.2. The largest absolute Gasteiger partial charge is 0.479 e. The van der Waals surface area contributed by atoms with Crippen LogP contribution in [0.5, 0.6) is 0 Å². The van der Waals surface area contributed by atoms with Crippen LogP contribution in [0.15, 0.2) is 30.5 Å². The lowest BCUT2D eigenvalue weighted by Gasteiger charge is -2.12. The molecule has 122 valence electrons. The molecule has 0 fully saturated rings. The lowest BCUT2D eigenvalue weighted by atomic mass is 10.2. The first-order valence-electron chi connectivity index (χ1n) is 7.10. The molecule has 2 N–H and O–H groups in total. The Kier molecular flexibility index (Phi) is 5.13. The van der Waals surface area contributed by atoms with Crippen LogP contribution in [0.25, 0.3) is 5.69 Å². The number of hydrogen-bond donors (Lipinski definition) is 2. The molecule has 1 atom stereocenters. The smallest absolute Gasteiger partial charge is 0.334 e. The Labute approximate surface area is 133 Å². The van der Waals surface area contributed by atoms with Crippen molar-refractivity contribution in [3.05, 3.63) is 47.3 Å². The molecule has 23 heavy (non-hydrogen) atoms. The summed E-state index contributed by atoms with van der Waals surface area (Å²) in [6.45, 7) is 3.64. The van der Waals surface area contributed by atoms with Gasteiger partial charge in [-0.25, -0.2) is 9.48 Å². The Morgan fingerprint density at radius 3 is 2.65 bits per heavy atom. The molecular weight excluding hydrogens is 298 g/mol. The van der Waals surface area contributed by atoms with Gasteiger partial charge in [0.1, 0.15) is 0 Å². The van der Waals surface area contributed by atoms with Gasteiger partial charge in [0, 0.05) is 7.11 Å². The van der Waals surface area contributed by atoms with Gasteiger partial charge in [-0.3, -0.25) is 4.79 Å². The topological polar surface area (TPSA) is 93.5 Å². The number of rotatable bonds is 6. The van der Waals surface area contributed by atoms with Gasteiger partial charge in [0.25, 0.3) is 5.91 Å². The van der Waals surface area contributed by atoms with Gasteiger partial charge in [-0.15, -0.1) is 0 Å². The van der Waals surface area contributed by atoms with E-state index in [1.807, 2.05) is 31.2 Å². The molecule has 1 aromatic carbocycles. The predicted molar refractivity (Wildman–Crippen MR) is 83.8 cm³/mol. The van der Waals surface area contributed by atoms with Crippen LogP contribution in [0, 0.1) is 13.8 Å². The number of hydrogen-bond acceptors (Lipinski definition) is 4. The number of para-hydroxylation sites is 1. The minimum atomic E-state index is -1.12. The van der Waals surface area contributed by atoms with Crippen LogP contribution in [-0.4, -0.2) is 46.5 Å². The van der Waals surface area contributed by atoms with Crippen molar-refractivity contribution in [3.63, 3.8) is 0 Å². The number of nitrogens with zero attached hydrogens (tertiary/aromatic N) is 2.